The Morgan fingerprint density at radius 2 is 1.89 bits per heavy atom. The number of anilines is 2. The Labute approximate surface area is 104 Å². The van der Waals surface area contributed by atoms with E-state index in [9.17, 15) is 8.42 Å². The van der Waals surface area contributed by atoms with Gasteiger partial charge in [0, 0.05) is 14.1 Å². The molecule has 8 nitrogen and oxygen atoms in total. The van der Waals surface area contributed by atoms with Gasteiger partial charge in [-0.2, -0.15) is 0 Å². The monoisotopic (exact) mass is 269 g/mol. The number of hydrogen-bond donors (Lipinski definition) is 1. The second-order valence-corrected chi connectivity index (χ2v) is 5.31. The predicted octanol–water partition coefficient (Wildman–Crippen LogP) is 0.331. The third-order valence-corrected chi connectivity index (χ3v) is 3.34. The molecule has 0 radical (unpaired) electrons. The van der Waals surface area contributed by atoms with Crippen molar-refractivity contribution in [3.63, 3.8) is 0 Å². The van der Waals surface area contributed by atoms with Gasteiger partial charge in [0.2, 0.25) is 5.95 Å². The number of nitrogens with one attached hydrogen (secondary N) is 1. The van der Waals surface area contributed by atoms with E-state index < -0.39 is 10.0 Å². The molecule has 2 aromatic heterocycles. The fourth-order valence-corrected chi connectivity index (χ4v) is 2.03. The summed E-state index contributed by atoms with van der Waals surface area (Å²) in [6.07, 6.45) is 4.91. The third-order valence-electron chi connectivity index (χ3n) is 2.01. The van der Waals surface area contributed by atoms with Crippen LogP contribution in [0.4, 0.5) is 11.6 Å². The minimum Gasteiger partial charge on any atom is -0.363 e. The Morgan fingerprint density at radius 1 is 1.22 bits per heavy atom. The molecule has 0 aliphatic heterocycles. The highest BCUT2D eigenvalue weighted by Crippen LogP contribution is 2.14. The molecule has 18 heavy (non-hydrogen) atoms. The Bertz CT molecular complexity index is 606. The average molecular weight is 269 g/mol. The van der Waals surface area contributed by atoms with Crippen LogP contribution in [0, 0.1) is 0 Å². The lowest BCUT2D eigenvalue weighted by Gasteiger charge is -2.10. The van der Waals surface area contributed by atoms with Crippen molar-refractivity contribution in [2.75, 3.05) is 23.7 Å². The lowest BCUT2D eigenvalue weighted by molar-refractivity contribution is 0.417. The maximum atomic E-state index is 11.8. The Hall–Kier alpha value is -2.16. The van der Waals surface area contributed by atoms with Gasteiger partial charge < -0.3 is 9.42 Å². The van der Waals surface area contributed by atoms with Gasteiger partial charge in [-0.3, -0.25) is 4.72 Å². The highest BCUT2D eigenvalue weighted by Gasteiger charge is 2.16. The second kappa shape index (κ2) is 4.61. The van der Waals surface area contributed by atoms with E-state index in [2.05, 4.69) is 24.4 Å². The summed E-state index contributed by atoms with van der Waals surface area (Å²) in [6, 6.07) is 0. The van der Waals surface area contributed by atoms with E-state index in [1.807, 2.05) is 0 Å². The maximum absolute atomic E-state index is 11.8. The summed E-state index contributed by atoms with van der Waals surface area (Å²) in [4.78, 5) is 9.64. The summed E-state index contributed by atoms with van der Waals surface area (Å²) >= 11 is 0. The van der Waals surface area contributed by atoms with Gasteiger partial charge in [-0.1, -0.05) is 5.16 Å². The molecule has 0 fully saturated rings. The molecule has 0 atom stereocenters. The first-order valence-electron chi connectivity index (χ1n) is 4.90. The SMILES string of the molecule is CN(C)c1ncc(NS(=O)(=O)c2cnoc2)cn1. The molecule has 0 spiro atoms. The molecule has 96 valence electrons. The van der Waals surface area contributed by atoms with Gasteiger partial charge >= 0.3 is 0 Å². The zero-order valence-electron chi connectivity index (χ0n) is 9.73. The van der Waals surface area contributed by atoms with Crippen LogP contribution < -0.4 is 9.62 Å². The van der Waals surface area contributed by atoms with E-state index in [0.29, 0.717) is 5.95 Å². The second-order valence-electron chi connectivity index (χ2n) is 3.63. The van der Waals surface area contributed by atoms with Gasteiger partial charge in [-0.05, 0) is 0 Å². The molecule has 0 amide bonds. The lowest BCUT2D eigenvalue weighted by Crippen LogP contribution is -2.15. The minimum atomic E-state index is -3.70. The summed E-state index contributed by atoms with van der Waals surface area (Å²) < 4.78 is 30.4. The summed E-state index contributed by atoms with van der Waals surface area (Å²) in [6.45, 7) is 0. The van der Waals surface area contributed by atoms with E-state index in [0.717, 1.165) is 12.5 Å². The van der Waals surface area contributed by atoms with E-state index in [-0.39, 0.29) is 10.6 Å². The van der Waals surface area contributed by atoms with E-state index >= 15 is 0 Å². The Balaban J connectivity index is 2.20. The van der Waals surface area contributed by atoms with Crippen LogP contribution in [0.3, 0.4) is 0 Å². The number of rotatable bonds is 4. The van der Waals surface area contributed by atoms with Crippen molar-refractivity contribution in [3.05, 3.63) is 24.9 Å². The summed E-state index contributed by atoms with van der Waals surface area (Å²) in [5, 5.41) is 3.34. The van der Waals surface area contributed by atoms with Crippen molar-refractivity contribution < 1.29 is 12.9 Å². The zero-order valence-corrected chi connectivity index (χ0v) is 10.5. The highest BCUT2D eigenvalue weighted by atomic mass is 32.2. The standard InChI is InChI=1S/C9H11N5O3S/c1-14(2)9-10-3-7(4-11-9)13-18(15,16)8-5-12-17-6-8/h3-6,13H,1-2H3. The molecule has 2 rings (SSSR count). The summed E-state index contributed by atoms with van der Waals surface area (Å²) in [5.41, 5.74) is 0.266. The average Bonchev–Trinajstić information content (AvgIpc) is 2.83. The van der Waals surface area contributed by atoms with Crippen molar-refractivity contribution in [2.24, 2.45) is 0 Å². The summed E-state index contributed by atoms with van der Waals surface area (Å²) in [7, 11) is -0.127. The molecule has 1 N–H and O–H groups in total. The number of aromatic nitrogens is 3. The molecule has 9 heteroatoms. The van der Waals surface area contributed by atoms with Crippen LogP contribution in [0.2, 0.25) is 0 Å². The molecule has 0 aliphatic rings. The molecule has 0 aliphatic carbocycles. The van der Waals surface area contributed by atoms with Gasteiger partial charge in [-0.25, -0.2) is 18.4 Å². The molecule has 0 aromatic carbocycles. The van der Waals surface area contributed by atoms with Crippen molar-refractivity contribution in [1.82, 2.24) is 15.1 Å². The first-order chi connectivity index (χ1) is 8.49. The van der Waals surface area contributed by atoms with Crippen molar-refractivity contribution in [1.29, 1.82) is 0 Å². The van der Waals surface area contributed by atoms with Gasteiger partial charge in [0.15, 0.2) is 0 Å². The lowest BCUT2D eigenvalue weighted by atomic mass is 10.6. The normalized spacial score (nSPS) is 11.2. The van der Waals surface area contributed by atoms with Crippen LogP contribution in [-0.2, 0) is 10.0 Å². The van der Waals surface area contributed by atoms with Crippen molar-refractivity contribution >= 4 is 21.7 Å². The topological polar surface area (TPSA) is 101 Å². The van der Waals surface area contributed by atoms with E-state index in [1.54, 1.807) is 19.0 Å². The van der Waals surface area contributed by atoms with Crippen LogP contribution in [0.1, 0.15) is 0 Å². The predicted molar refractivity (Wildman–Crippen MR) is 63.7 cm³/mol. The molecule has 0 saturated heterocycles. The van der Waals surface area contributed by atoms with E-state index in [1.165, 1.54) is 12.4 Å². The Morgan fingerprint density at radius 3 is 2.39 bits per heavy atom. The quantitative estimate of drug-likeness (QED) is 0.853. The molecular formula is C9H11N5O3S. The zero-order chi connectivity index (χ0) is 13.2. The molecular weight excluding hydrogens is 258 g/mol. The van der Waals surface area contributed by atoms with Crippen molar-refractivity contribution in [3.8, 4) is 0 Å². The fourth-order valence-electron chi connectivity index (χ4n) is 1.15. The van der Waals surface area contributed by atoms with Crippen LogP contribution in [0.5, 0.6) is 0 Å². The summed E-state index contributed by atoms with van der Waals surface area (Å²) in [5.74, 6) is 0.489. The first kappa shape index (κ1) is 12.3. The minimum absolute atomic E-state index is 0.0563. The number of hydrogen-bond acceptors (Lipinski definition) is 7. The van der Waals surface area contributed by atoms with E-state index in [4.69, 9.17) is 0 Å². The van der Waals surface area contributed by atoms with Gasteiger partial charge in [-0.15, -0.1) is 0 Å². The number of sulfonamides is 1. The fraction of sp³-hybridized carbons (Fsp3) is 0.222. The highest BCUT2D eigenvalue weighted by molar-refractivity contribution is 7.92. The molecule has 0 unspecified atom stereocenters. The van der Waals surface area contributed by atoms with Crippen LogP contribution in [-0.4, -0.2) is 37.6 Å². The van der Waals surface area contributed by atoms with Crippen LogP contribution in [0.25, 0.3) is 0 Å². The smallest absolute Gasteiger partial charge is 0.266 e. The van der Waals surface area contributed by atoms with Gasteiger partial charge in [0.25, 0.3) is 10.0 Å². The number of nitrogens with zero attached hydrogens (tertiary/aromatic N) is 4. The van der Waals surface area contributed by atoms with Gasteiger partial charge in [0.1, 0.15) is 11.2 Å². The molecule has 0 bridgehead atoms. The Kier molecular flexibility index (Phi) is 3.15. The largest absolute Gasteiger partial charge is 0.363 e. The molecule has 2 aromatic rings. The third kappa shape index (κ3) is 2.56. The van der Waals surface area contributed by atoms with Crippen molar-refractivity contribution in [2.45, 2.75) is 4.90 Å². The first-order valence-corrected chi connectivity index (χ1v) is 6.39. The van der Waals surface area contributed by atoms with Crippen LogP contribution >= 0.6 is 0 Å². The molecule has 0 saturated carbocycles. The molecule has 2 heterocycles. The van der Waals surface area contributed by atoms with Gasteiger partial charge in [0.05, 0.1) is 24.3 Å². The van der Waals surface area contributed by atoms with Crippen LogP contribution in [0.15, 0.2) is 34.3 Å². The maximum Gasteiger partial charge on any atom is 0.266 e.